The van der Waals surface area contributed by atoms with Crippen LogP contribution in [0.3, 0.4) is 0 Å². The van der Waals surface area contributed by atoms with Crippen LogP contribution in [0.4, 0.5) is 11.4 Å². The van der Waals surface area contributed by atoms with Crippen LogP contribution in [0.15, 0.2) is 46.9 Å². The maximum atomic E-state index is 12.3. The fourth-order valence-corrected chi connectivity index (χ4v) is 3.08. The van der Waals surface area contributed by atoms with E-state index in [1.165, 1.54) is 0 Å². The molecular formula is C18H16BrClN2O3. The summed E-state index contributed by atoms with van der Waals surface area (Å²) in [4.78, 5) is 24.3. The Morgan fingerprint density at radius 3 is 2.40 bits per heavy atom. The van der Waals surface area contributed by atoms with E-state index in [1.54, 1.807) is 42.5 Å². The van der Waals surface area contributed by atoms with Crippen LogP contribution in [0.2, 0.25) is 5.02 Å². The molecule has 2 aromatic rings. The minimum Gasteiger partial charge on any atom is -0.368 e. The number of ether oxygens (including phenoxy) is 1. The Bertz CT molecular complexity index is 789. The highest BCUT2D eigenvalue weighted by Crippen LogP contribution is 2.23. The number of halogens is 2. The second-order valence-corrected chi connectivity index (χ2v) is 6.97. The van der Waals surface area contributed by atoms with Gasteiger partial charge in [-0.05, 0) is 55.3 Å². The van der Waals surface area contributed by atoms with E-state index in [0.717, 1.165) is 17.3 Å². The molecule has 0 aromatic heterocycles. The number of nitrogens with one attached hydrogen (secondary N) is 2. The van der Waals surface area contributed by atoms with Gasteiger partial charge in [-0.3, -0.25) is 9.59 Å². The molecular weight excluding hydrogens is 408 g/mol. The fourth-order valence-electron chi connectivity index (χ4n) is 2.51. The first kappa shape index (κ1) is 17.9. The molecule has 130 valence electrons. The number of amides is 2. The molecule has 25 heavy (non-hydrogen) atoms. The lowest BCUT2D eigenvalue weighted by atomic mass is 10.2. The third kappa shape index (κ3) is 4.60. The molecule has 1 aliphatic heterocycles. The smallest absolute Gasteiger partial charge is 0.257 e. The predicted octanol–water partition coefficient (Wildman–Crippen LogP) is 4.47. The molecule has 1 atom stereocenters. The highest BCUT2D eigenvalue weighted by atomic mass is 79.9. The molecule has 1 heterocycles. The number of rotatable bonds is 4. The molecule has 5 nitrogen and oxygen atoms in total. The van der Waals surface area contributed by atoms with Crippen LogP contribution in [0.5, 0.6) is 0 Å². The summed E-state index contributed by atoms with van der Waals surface area (Å²) >= 11 is 9.38. The van der Waals surface area contributed by atoms with E-state index in [4.69, 9.17) is 16.3 Å². The zero-order valence-electron chi connectivity index (χ0n) is 13.2. The number of hydrogen-bond donors (Lipinski definition) is 2. The van der Waals surface area contributed by atoms with Gasteiger partial charge in [-0.25, -0.2) is 0 Å². The summed E-state index contributed by atoms with van der Waals surface area (Å²) in [6, 6.07) is 12.0. The van der Waals surface area contributed by atoms with Gasteiger partial charge in [0.25, 0.3) is 11.8 Å². The zero-order valence-corrected chi connectivity index (χ0v) is 15.6. The first-order chi connectivity index (χ1) is 12.0. The number of hydrogen-bond acceptors (Lipinski definition) is 3. The molecule has 7 heteroatoms. The van der Waals surface area contributed by atoms with E-state index in [1.807, 2.05) is 0 Å². The lowest BCUT2D eigenvalue weighted by molar-refractivity contribution is -0.124. The van der Waals surface area contributed by atoms with Gasteiger partial charge in [-0.15, -0.1) is 0 Å². The molecule has 0 unspecified atom stereocenters. The summed E-state index contributed by atoms with van der Waals surface area (Å²) < 4.78 is 6.12. The largest absolute Gasteiger partial charge is 0.368 e. The van der Waals surface area contributed by atoms with Gasteiger partial charge in [-0.1, -0.05) is 27.5 Å². The third-order valence-electron chi connectivity index (χ3n) is 3.81. The van der Waals surface area contributed by atoms with Gasteiger partial charge in [0, 0.05) is 22.5 Å². The highest BCUT2D eigenvalue weighted by molar-refractivity contribution is 9.10. The number of benzene rings is 2. The summed E-state index contributed by atoms with van der Waals surface area (Å²) in [5.74, 6) is -0.447. The minimum absolute atomic E-state index is 0.143. The van der Waals surface area contributed by atoms with Crippen molar-refractivity contribution in [3.05, 3.63) is 57.5 Å². The maximum Gasteiger partial charge on any atom is 0.257 e. The van der Waals surface area contributed by atoms with Crippen LogP contribution in [-0.2, 0) is 9.53 Å². The molecule has 1 fully saturated rings. The number of anilines is 2. The number of carbonyl (C=O) groups excluding carboxylic acids is 2. The quantitative estimate of drug-likeness (QED) is 0.762. The van der Waals surface area contributed by atoms with Crippen molar-refractivity contribution in [2.75, 3.05) is 17.2 Å². The Labute approximate surface area is 158 Å². The van der Waals surface area contributed by atoms with Gasteiger partial charge in [-0.2, -0.15) is 0 Å². The lowest BCUT2D eigenvalue weighted by Gasteiger charge is -2.11. The van der Waals surface area contributed by atoms with Crippen LogP contribution < -0.4 is 10.6 Å². The fraction of sp³-hybridized carbons (Fsp3) is 0.222. The Hall–Kier alpha value is -1.89. The van der Waals surface area contributed by atoms with Gasteiger partial charge in [0.05, 0.1) is 10.6 Å². The monoisotopic (exact) mass is 422 g/mol. The predicted molar refractivity (Wildman–Crippen MR) is 101 cm³/mol. The highest BCUT2D eigenvalue weighted by Gasteiger charge is 2.23. The van der Waals surface area contributed by atoms with E-state index < -0.39 is 0 Å². The summed E-state index contributed by atoms with van der Waals surface area (Å²) in [6.07, 6.45) is 1.27. The van der Waals surface area contributed by atoms with E-state index in [-0.39, 0.29) is 17.9 Å². The van der Waals surface area contributed by atoms with Crippen molar-refractivity contribution < 1.29 is 14.3 Å². The average molecular weight is 424 g/mol. The van der Waals surface area contributed by atoms with E-state index in [0.29, 0.717) is 28.6 Å². The first-order valence-corrected chi connectivity index (χ1v) is 8.99. The Morgan fingerprint density at radius 1 is 1.08 bits per heavy atom. The minimum atomic E-state index is -0.377. The third-order valence-corrected chi connectivity index (χ3v) is 4.63. The topological polar surface area (TPSA) is 67.4 Å². The average Bonchev–Trinajstić information content (AvgIpc) is 3.13. The normalized spacial score (nSPS) is 16.5. The Kier molecular flexibility index (Phi) is 5.73. The second kappa shape index (κ2) is 7.99. The molecule has 1 aliphatic rings. The van der Waals surface area contributed by atoms with Crippen LogP contribution >= 0.6 is 27.5 Å². The van der Waals surface area contributed by atoms with E-state index in [9.17, 15) is 9.59 Å². The lowest BCUT2D eigenvalue weighted by Crippen LogP contribution is -2.26. The van der Waals surface area contributed by atoms with Crippen LogP contribution in [0.1, 0.15) is 23.2 Å². The molecule has 3 rings (SSSR count). The van der Waals surface area contributed by atoms with Crippen molar-refractivity contribution >= 4 is 50.7 Å². The van der Waals surface area contributed by atoms with Crippen molar-refractivity contribution in [1.82, 2.24) is 0 Å². The molecule has 2 N–H and O–H groups in total. The summed E-state index contributed by atoms with van der Waals surface area (Å²) in [7, 11) is 0. The molecule has 0 aliphatic carbocycles. The molecule has 0 saturated carbocycles. The van der Waals surface area contributed by atoms with Gasteiger partial charge in [0.1, 0.15) is 6.10 Å². The SMILES string of the molecule is O=C(Nc1ccc(NC(=O)[C@H]2CCCO2)cc1)c1cc(Br)ccc1Cl. The van der Waals surface area contributed by atoms with Crippen LogP contribution in [0, 0.1) is 0 Å². The van der Waals surface area contributed by atoms with Crippen molar-refractivity contribution in [3.63, 3.8) is 0 Å². The summed E-state index contributed by atoms with van der Waals surface area (Å²) in [5, 5.41) is 5.97. The summed E-state index contributed by atoms with van der Waals surface area (Å²) in [6.45, 7) is 0.626. The van der Waals surface area contributed by atoms with Crippen molar-refractivity contribution in [1.29, 1.82) is 0 Å². The standard InChI is InChI=1S/C18H16BrClN2O3/c19-11-3-8-15(20)14(10-11)17(23)21-12-4-6-13(7-5-12)22-18(24)16-2-1-9-25-16/h3-8,10,16H,1-2,9H2,(H,21,23)(H,22,24)/t16-/m1/s1. The van der Waals surface area contributed by atoms with Gasteiger partial charge < -0.3 is 15.4 Å². The van der Waals surface area contributed by atoms with E-state index >= 15 is 0 Å². The zero-order chi connectivity index (χ0) is 17.8. The molecule has 1 saturated heterocycles. The van der Waals surface area contributed by atoms with Gasteiger partial charge in [0.15, 0.2) is 0 Å². The van der Waals surface area contributed by atoms with Crippen molar-refractivity contribution in [3.8, 4) is 0 Å². The van der Waals surface area contributed by atoms with Gasteiger partial charge >= 0.3 is 0 Å². The first-order valence-electron chi connectivity index (χ1n) is 7.82. The number of carbonyl (C=O) groups is 2. The second-order valence-electron chi connectivity index (χ2n) is 5.65. The molecule has 0 spiro atoms. The van der Waals surface area contributed by atoms with Crippen molar-refractivity contribution in [2.24, 2.45) is 0 Å². The molecule has 0 bridgehead atoms. The van der Waals surface area contributed by atoms with Crippen LogP contribution in [0.25, 0.3) is 0 Å². The molecule has 2 aromatic carbocycles. The van der Waals surface area contributed by atoms with E-state index in [2.05, 4.69) is 26.6 Å². The molecule has 0 radical (unpaired) electrons. The van der Waals surface area contributed by atoms with Gasteiger partial charge in [0.2, 0.25) is 0 Å². The van der Waals surface area contributed by atoms with Crippen molar-refractivity contribution in [2.45, 2.75) is 18.9 Å². The molecule has 2 amide bonds. The van der Waals surface area contributed by atoms with Crippen LogP contribution in [-0.4, -0.2) is 24.5 Å². The Balaban J connectivity index is 1.63. The Morgan fingerprint density at radius 2 is 1.76 bits per heavy atom. The maximum absolute atomic E-state index is 12.3. The summed E-state index contributed by atoms with van der Waals surface area (Å²) in [5.41, 5.74) is 1.64.